The number of halogens is 1. The lowest BCUT2D eigenvalue weighted by molar-refractivity contribution is 0.328. The second-order valence-electron chi connectivity index (χ2n) is 5.68. The van der Waals surface area contributed by atoms with E-state index in [-0.39, 0.29) is 0 Å². The monoisotopic (exact) mass is 339 g/mol. The van der Waals surface area contributed by atoms with Crippen LogP contribution in [0.1, 0.15) is 25.3 Å². The number of hydrogen-bond acceptors (Lipinski definition) is 3. The fourth-order valence-electron chi connectivity index (χ4n) is 2.98. The predicted molar refractivity (Wildman–Crippen MR) is 90.4 cm³/mol. The summed E-state index contributed by atoms with van der Waals surface area (Å²) in [6.07, 6.45) is 2.43. The van der Waals surface area contributed by atoms with Gasteiger partial charge in [0.2, 0.25) is 0 Å². The standard InChI is InChI=1S/C16H26BrN3/c1-4-14-12-19(3)8-5-9-20(14)15-7-6-13(11-18-2)16(17)10-15/h6-7,10,14,18H,4-5,8-9,11-12H2,1-3H3. The minimum atomic E-state index is 0.615. The molecule has 1 atom stereocenters. The Kier molecular flexibility index (Phi) is 5.87. The Morgan fingerprint density at radius 2 is 2.15 bits per heavy atom. The van der Waals surface area contributed by atoms with Gasteiger partial charge in [-0.25, -0.2) is 0 Å². The third kappa shape index (κ3) is 3.74. The van der Waals surface area contributed by atoms with Crippen LogP contribution in [-0.4, -0.2) is 44.7 Å². The number of anilines is 1. The van der Waals surface area contributed by atoms with Gasteiger partial charge in [-0.15, -0.1) is 0 Å². The average Bonchev–Trinajstić information content (AvgIpc) is 2.62. The summed E-state index contributed by atoms with van der Waals surface area (Å²) in [4.78, 5) is 5.04. The van der Waals surface area contributed by atoms with E-state index in [1.54, 1.807) is 0 Å². The van der Waals surface area contributed by atoms with E-state index >= 15 is 0 Å². The molecule has 0 radical (unpaired) electrons. The van der Waals surface area contributed by atoms with Crippen LogP contribution in [0.5, 0.6) is 0 Å². The second-order valence-corrected chi connectivity index (χ2v) is 6.53. The molecule has 1 aliphatic rings. The molecule has 1 aromatic rings. The van der Waals surface area contributed by atoms with Gasteiger partial charge in [0, 0.05) is 35.8 Å². The van der Waals surface area contributed by atoms with Crippen LogP contribution in [0, 0.1) is 0 Å². The van der Waals surface area contributed by atoms with E-state index in [0.717, 1.165) is 19.6 Å². The van der Waals surface area contributed by atoms with Crippen LogP contribution >= 0.6 is 15.9 Å². The van der Waals surface area contributed by atoms with E-state index < -0.39 is 0 Å². The zero-order chi connectivity index (χ0) is 14.5. The van der Waals surface area contributed by atoms with Gasteiger partial charge in [0.25, 0.3) is 0 Å². The van der Waals surface area contributed by atoms with Crippen molar-refractivity contribution in [2.45, 2.75) is 32.4 Å². The van der Waals surface area contributed by atoms with Crippen molar-refractivity contribution in [3.63, 3.8) is 0 Å². The van der Waals surface area contributed by atoms with Gasteiger partial charge >= 0.3 is 0 Å². The highest BCUT2D eigenvalue weighted by molar-refractivity contribution is 9.10. The zero-order valence-electron chi connectivity index (χ0n) is 12.8. The van der Waals surface area contributed by atoms with Crippen molar-refractivity contribution in [2.24, 2.45) is 0 Å². The molecule has 4 heteroatoms. The van der Waals surface area contributed by atoms with Gasteiger partial charge in [-0.3, -0.25) is 0 Å². The Bertz CT molecular complexity index is 436. The van der Waals surface area contributed by atoms with E-state index in [4.69, 9.17) is 0 Å². The van der Waals surface area contributed by atoms with Crippen molar-refractivity contribution in [1.82, 2.24) is 10.2 Å². The Hall–Kier alpha value is -0.580. The molecular weight excluding hydrogens is 314 g/mol. The topological polar surface area (TPSA) is 18.5 Å². The molecule has 1 heterocycles. The summed E-state index contributed by atoms with van der Waals surface area (Å²) >= 11 is 3.71. The van der Waals surface area contributed by atoms with E-state index in [1.165, 1.54) is 35.1 Å². The first-order chi connectivity index (χ1) is 9.65. The second kappa shape index (κ2) is 7.43. The molecule has 0 saturated carbocycles. The highest BCUT2D eigenvalue weighted by Crippen LogP contribution is 2.27. The molecular formula is C16H26BrN3. The third-order valence-electron chi connectivity index (χ3n) is 4.11. The van der Waals surface area contributed by atoms with Gasteiger partial charge in [0.05, 0.1) is 0 Å². The van der Waals surface area contributed by atoms with Gasteiger partial charge in [-0.1, -0.05) is 28.9 Å². The number of hydrogen-bond donors (Lipinski definition) is 1. The first-order valence-electron chi connectivity index (χ1n) is 7.54. The highest BCUT2D eigenvalue weighted by atomic mass is 79.9. The maximum absolute atomic E-state index is 3.71. The Balaban J connectivity index is 2.21. The van der Waals surface area contributed by atoms with Crippen LogP contribution < -0.4 is 10.2 Å². The summed E-state index contributed by atoms with van der Waals surface area (Å²) in [5.41, 5.74) is 2.66. The first-order valence-corrected chi connectivity index (χ1v) is 8.33. The minimum Gasteiger partial charge on any atom is -0.367 e. The van der Waals surface area contributed by atoms with Crippen LogP contribution in [0.2, 0.25) is 0 Å². The molecule has 0 bridgehead atoms. The Morgan fingerprint density at radius 3 is 2.80 bits per heavy atom. The average molecular weight is 340 g/mol. The van der Waals surface area contributed by atoms with Crippen LogP contribution in [-0.2, 0) is 6.54 Å². The Morgan fingerprint density at radius 1 is 1.35 bits per heavy atom. The molecule has 0 spiro atoms. The van der Waals surface area contributed by atoms with Crippen LogP contribution in [0.15, 0.2) is 22.7 Å². The number of benzene rings is 1. The van der Waals surface area contributed by atoms with Crippen molar-refractivity contribution in [2.75, 3.05) is 38.6 Å². The van der Waals surface area contributed by atoms with Crippen molar-refractivity contribution >= 4 is 21.6 Å². The van der Waals surface area contributed by atoms with Crippen molar-refractivity contribution in [3.8, 4) is 0 Å². The lowest BCUT2D eigenvalue weighted by atomic mass is 10.1. The maximum Gasteiger partial charge on any atom is 0.0414 e. The maximum atomic E-state index is 3.71. The molecule has 3 nitrogen and oxygen atoms in total. The molecule has 2 rings (SSSR count). The number of rotatable bonds is 4. The summed E-state index contributed by atoms with van der Waals surface area (Å²) in [6, 6.07) is 7.40. The van der Waals surface area contributed by atoms with E-state index in [2.05, 4.69) is 63.2 Å². The fraction of sp³-hybridized carbons (Fsp3) is 0.625. The minimum absolute atomic E-state index is 0.615. The summed E-state index contributed by atoms with van der Waals surface area (Å²) in [7, 11) is 4.22. The van der Waals surface area contributed by atoms with Gasteiger partial charge in [-0.2, -0.15) is 0 Å². The first kappa shape index (κ1) is 15.8. The van der Waals surface area contributed by atoms with E-state index in [1.807, 2.05) is 7.05 Å². The number of nitrogens with one attached hydrogen (secondary N) is 1. The van der Waals surface area contributed by atoms with Crippen LogP contribution in [0.25, 0.3) is 0 Å². The van der Waals surface area contributed by atoms with Crippen LogP contribution in [0.3, 0.4) is 0 Å². The number of likely N-dealkylation sites (N-methyl/N-ethyl adjacent to an activating group) is 1. The molecule has 1 N–H and O–H groups in total. The summed E-state index contributed by atoms with van der Waals surface area (Å²) < 4.78 is 1.21. The normalized spacial score (nSPS) is 21.0. The summed E-state index contributed by atoms with van der Waals surface area (Å²) in [6.45, 7) is 6.71. The molecule has 1 aromatic carbocycles. The molecule has 0 amide bonds. The zero-order valence-corrected chi connectivity index (χ0v) is 14.4. The largest absolute Gasteiger partial charge is 0.367 e. The van der Waals surface area contributed by atoms with E-state index in [0.29, 0.717) is 6.04 Å². The van der Waals surface area contributed by atoms with E-state index in [9.17, 15) is 0 Å². The summed E-state index contributed by atoms with van der Waals surface area (Å²) in [5, 5.41) is 3.21. The lowest BCUT2D eigenvalue weighted by Gasteiger charge is -2.32. The molecule has 1 fully saturated rings. The third-order valence-corrected chi connectivity index (χ3v) is 4.85. The predicted octanol–water partition coefficient (Wildman–Crippen LogP) is 3.09. The van der Waals surface area contributed by atoms with Crippen molar-refractivity contribution < 1.29 is 0 Å². The molecule has 1 unspecified atom stereocenters. The summed E-state index contributed by atoms with van der Waals surface area (Å²) in [5.74, 6) is 0. The smallest absolute Gasteiger partial charge is 0.0414 e. The van der Waals surface area contributed by atoms with Gasteiger partial charge in [0.15, 0.2) is 0 Å². The van der Waals surface area contributed by atoms with Crippen molar-refractivity contribution in [1.29, 1.82) is 0 Å². The lowest BCUT2D eigenvalue weighted by Crippen LogP contribution is -2.39. The van der Waals surface area contributed by atoms with Gasteiger partial charge in [0.1, 0.15) is 0 Å². The molecule has 1 aliphatic heterocycles. The molecule has 0 aliphatic carbocycles. The molecule has 112 valence electrons. The van der Waals surface area contributed by atoms with Crippen LogP contribution in [0.4, 0.5) is 5.69 Å². The van der Waals surface area contributed by atoms with Gasteiger partial charge in [-0.05, 0) is 51.2 Å². The SMILES string of the molecule is CCC1CN(C)CCCN1c1ccc(CNC)c(Br)c1. The Labute approximate surface area is 131 Å². The quantitative estimate of drug-likeness (QED) is 0.909. The highest BCUT2D eigenvalue weighted by Gasteiger charge is 2.22. The molecule has 1 saturated heterocycles. The fourth-order valence-corrected chi connectivity index (χ4v) is 3.49. The molecule has 0 aromatic heterocycles. The number of nitrogens with zero attached hydrogens (tertiary/aromatic N) is 2. The van der Waals surface area contributed by atoms with Crippen molar-refractivity contribution in [3.05, 3.63) is 28.2 Å². The molecule has 20 heavy (non-hydrogen) atoms. The van der Waals surface area contributed by atoms with Gasteiger partial charge < -0.3 is 15.1 Å².